The number of aromatic nitrogens is 6. The number of ketones is 1. The number of aromatic carboxylic acids is 1. The number of nitrogen functional groups attached to an aromatic ring is 1. The summed E-state index contributed by atoms with van der Waals surface area (Å²) in [7, 11) is -1.41. The van der Waals surface area contributed by atoms with Crippen molar-refractivity contribution in [1.29, 1.82) is 0 Å². The molecule has 860 valence electrons. The number of aliphatic hydroxyl groups is 1. The van der Waals surface area contributed by atoms with Crippen LogP contribution in [0.1, 0.15) is 344 Å². The number of likely N-dealkylation sites (tertiary alicyclic amines) is 2. The number of hydrogen-bond donors (Lipinski definition) is 7. The van der Waals surface area contributed by atoms with E-state index in [2.05, 4.69) is 309 Å². The van der Waals surface area contributed by atoms with E-state index in [1.165, 1.54) is 142 Å². The quantitative estimate of drug-likeness (QED) is 0.0270. The molecule has 5 fully saturated rings. The third-order valence-electron chi connectivity index (χ3n) is 26.2. The smallest absolute Gasteiger partial charge is 0.405 e. The predicted octanol–water partition coefficient (Wildman–Crippen LogP) is 24.5. The van der Waals surface area contributed by atoms with Gasteiger partial charge in [0.1, 0.15) is 39.0 Å². The number of thioether (sulfide) groups is 1. The Balaban J connectivity index is 0.00000163. The highest BCUT2D eigenvalue weighted by Gasteiger charge is 2.47. The van der Waals surface area contributed by atoms with E-state index in [-0.39, 0.29) is 48.8 Å². The van der Waals surface area contributed by atoms with Crippen LogP contribution < -0.4 is 27.0 Å². The van der Waals surface area contributed by atoms with Crippen molar-refractivity contribution in [3.63, 3.8) is 0 Å². The molecule has 3 unspecified atom stereocenters. The van der Waals surface area contributed by atoms with Crippen molar-refractivity contribution >= 4 is 68.4 Å². The Morgan fingerprint density at radius 2 is 0.953 bits per heavy atom. The van der Waals surface area contributed by atoms with Gasteiger partial charge in [-0.05, 0) is 299 Å². The number of piperazine rings is 2. The average Bonchev–Trinajstić information content (AvgIpc) is 1.72. The lowest BCUT2D eigenvalue weighted by Gasteiger charge is -2.42. The van der Waals surface area contributed by atoms with Crippen molar-refractivity contribution in [3.05, 3.63) is 107 Å². The molecular weight excluding hydrogens is 1920 g/mol. The van der Waals surface area contributed by atoms with Gasteiger partial charge in [-0.15, -0.1) is 0 Å². The average molecular weight is 2140 g/mol. The van der Waals surface area contributed by atoms with Crippen molar-refractivity contribution in [3.8, 4) is 0 Å². The second kappa shape index (κ2) is 67.7. The molecule has 5 saturated heterocycles. The van der Waals surface area contributed by atoms with Gasteiger partial charge in [0.25, 0.3) is 0 Å². The van der Waals surface area contributed by atoms with Crippen LogP contribution in [0.15, 0.2) is 73.3 Å². The highest BCUT2D eigenvalue weighted by atomic mass is 32.2. The van der Waals surface area contributed by atoms with E-state index in [0.717, 1.165) is 133 Å². The van der Waals surface area contributed by atoms with Crippen LogP contribution in [0.2, 0.25) is 0 Å². The van der Waals surface area contributed by atoms with Crippen LogP contribution in [0.25, 0.3) is 0 Å². The number of hydrogen-bond acceptors (Lipinski definition) is 23. The summed E-state index contributed by atoms with van der Waals surface area (Å²) in [6.45, 7) is 100. The predicted molar refractivity (Wildman–Crippen MR) is 622 cm³/mol. The number of carbonyl (C=O) groups excluding carboxylic acids is 4. The lowest BCUT2D eigenvalue weighted by atomic mass is 9.80. The number of nitrogens with zero attached hydrogens (tertiary/aromatic N) is 12. The van der Waals surface area contributed by atoms with Gasteiger partial charge in [-0.25, -0.2) is 18.2 Å². The molecule has 0 aliphatic carbocycles. The van der Waals surface area contributed by atoms with Crippen LogP contribution in [0.4, 0.5) is 36.2 Å². The zero-order chi connectivity index (χ0) is 115. The zero-order valence-electron chi connectivity index (χ0n) is 101. The summed E-state index contributed by atoms with van der Waals surface area (Å²) >= 11 is 2.09. The van der Waals surface area contributed by atoms with Crippen LogP contribution in [0, 0.1) is 101 Å². The standard InChI is InChI=1S/C13H23F3N2O2.C13H25NO.3C12H20N2.C12H25NO2S.C11H18N2O2.C11H20N2.C11H24N2.C10H21NS.CO2/c1-12(2,3)9(8-19)11(20)18-6-5-17(4)10(7-18)13(14,15)16;1-11(15)12-5-8-14(9-6-12)10-7-13(2,3)4;1-10-7-11(9-13-8-10)14-6-5-12(2,3)4;1-10-5-6-11(9-14-10)13-8-7-12(2,3)4;1-10-5-6-11(14-9-10)13-8-7-12(2,3)4;1-12(2,3)7-10-13-8-5-11(6-9-13)16(4,14)15;1-11(2,3)6-7-13-8(10(14)15)4-5-9(13)12;1-9-8-10(2)13(12-9)7-6-11(3,4)5;1-10-9-13(8-6-12-10)7-5-11(2,3)4;1-10(2,3)4-5-11-6-8-12-9-7-11;2-1-3/h9-10,19H,5-8H2,1-4H3;12H,5-10H2,1-4H3;7-9,14H,5-6H2,1-4H3;5-6,9,13H,7-8H2,1-4H3;5-6,9H,7-8H2,1-4H3,(H,13,14);11H,5-10H2,1-4H3;4-5H,6-7,12H2,1-3H3,(H,14,15);8H,6-7H2,1-5H3;10,12H,5-9H2,1-4H3;4-9H2,1-3H3;. The SMILES string of the molecule is CC(=O)C1CCN(CCC(C)(C)C)CC1.CC(C)(C)CCN1CCC(S(C)(=O)=O)CC1.CC(C)(C)CCN1CCSCC1.CC(C)(C)CCn1c(N)ccc1C(=O)O.CC1CN(CCC(C)(C)C)CCN1.CN1CCN(C(=O)C(CO)C(C)(C)C)CC1C(F)(F)F.Cc1cc(C)n(CCC(C)(C)C)n1.Cc1ccc(NCCC(C)(C)C)cn1.Cc1ccc(NCCC(C)(C)C)nc1.Cc1cncc(NCCC(C)(C)C)c1.O=C=O. The van der Waals surface area contributed by atoms with Crippen LogP contribution >= 0.6 is 11.8 Å². The van der Waals surface area contributed by atoms with Gasteiger partial charge in [0.05, 0.1) is 41.0 Å². The van der Waals surface area contributed by atoms with Gasteiger partial charge in [-0.1, -0.05) is 214 Å². The molecule has 31 heteroatoms. The highest BCUT2D eigenvalue weighted by molar-refractivity contribution is 7.99. The molecule has 0 radical (unpaired) electrons. The minimum Gasteiger partial charge on any atom is -0.477 e. The lowest BCUT2D eigenvalue weighted by Crippen LogP contribution is -2.60. The Morgan fingerprint density at radius 1 is 0.510 bits per heavy atom. The minimum atomic E-state index is -4.36. The highest BCUT2D eigenvalue weighted by Crippen LogP contribution is 2.34. The first kappa shape index (κ1) is 142. The summed E-state index contributed by atoms with van der Waals surface area (Å²) in [5.74, 6) is 2.87. The number of amides is 1. The topological polar surface area (TPSA) is 315 Å². The second-order valence-corrected chi connectivity index (χ2v) is 57.3. The number of anilines is 4. The first-order valence-electron chi connectivity index (χ1n) is 54.9. The number of rotatable bonds is 26. The number of sulfone groups is 1. The van der Waals surface area contributed by atoms with Crippen LogP contribution in [-0.4, -0.2) is 280 Å². The number of alkyl halides is 3. The van der Waals surface area contributed by atoms with Crippen LogP contribution in [-0.2, 0) is 42.1 Å². The number of halogens is 3. The number of nitrogens with two attached hydrogens (primary N) is 1. The number of carboxylic acid groups (broad SMARTS) is 1. The number of carboxylic acids is 1. The van der Waals surface area contributed by atoms with E-state index >= 15 is 0 Å². The Labute approximate surface area is 909 Å². The van der Waals surface area contributed by atoms with E-state index in [0.29, 0.717) is 73.4 Å². The summed E-state index contributed by atoms with van der Waals surface area (Å²) < 4.78 is 65.3. The molecule has 10 rings (SSSR count). The first-order chi connectivity index (χ1) is 68.1. The van der Waals surface area contributed by atoms with Gasteiger partial charge in [-0.2, -0.15) is 39.6 Å². The maximum Gasteiger partial charge on any atom is 0.405 e. The van der Waals surface area contributed by atoms with Gasteiger partial charge >= 0.3 is 18.3 Å². The van der Waals surface area contributed by atoms with E-state index < -0.39 is 45.3 Å². The largest absolute Gasteiger partial charge is 0.477 e. The van der Waals surface area contributed by atoms with Gasteiger partial charge in [0.15, 0.2) is 0 Å². The van der Waals surface area contributed by atoms with E-state index in [1.54, 1.807) is 44.4 Å². The molecule has 1 amide bonds. The maximum atomic E-state index is 12.9. The van der Waals surface area contributed by atoms with Gasteiger partial charge in [-0.3, -0.25) is 29.1 Å². The van der Waals surface area contributed by atoms with Gasteiger partial charge in [0, 0.05) is 145 Å². The number of pyridine rings is 3. The second-order valence-electron chi connectivity index (χ2n) is 53.7. The molecule has 5 aromatic heterocycles. The fourth-order valence-electron chi connectivity index (χ4n) is 15.7. The number of piperidine rings is 2. The summed E-state index contributed by atoms with van der Waals surface area (Å²) in [4.78, 5) is 75.8. The fraction of sp³-hybridized carbons (Fsp3) is 0.780. The van der Waals surface area contributed by atoms with Crippen molar-refractivity contribution < 1.29 is 55.8 Å². The van der Waals surface area contributed by atoms with E-state index in [4.69, 9.17) is 20.4 Å². The third kappa shape index (κ3) is 73.9. The van der Waals surface area contributed by atoms with Crippen molar-refractivity contribution in [2.24, 2.45) is 66.0 Å². The molecule has 10 heterocycles. The van der Waals surface area contributed by atoms with Crippen molar-refractivity contribution in [2.75, 3.05) is 177 Å². The molecule has 149 heavy (non-hydrogen) atoms. The number of Topliss-reactive ketones (excluding diaryl/α,β-unsaturated/α-hetero) is 1. The van der Waals surface area contributed by atoms with Crippen molar-refractivity contribution in [1.82, 2.24) is 64.0 Å². The van der Waals surface area contributed by atoms with Crippen molar-refractivity contribution in [2.45, 2.75) is 376 Å². The number of aryl methyl sites for hydroxylation is 6. The normalized spacial score (nSPS) is 17.1. The molecule has 0 spiro atoms. The molecule has 0 saturated carbocycles. The van der Waals surface area contributed by atoms with E-state index in [9.17, 15) is 41.1 Å². The molecular formula is C118H216F3N17O9S2. The van der Waals surface area contributed by atoms with Crippen LogP contribution in [0.5, 0.6) is 0 Å². The Kier molecular flexibility index (Phi) is 64.5. The molecule has 26 nitrogen and oxygen atoms in total. The fourth-order valence-corrected chi connectivity index (χ4v) is 17.8. The summed E-state index contributed by atoms with van der Waals surface area (Å²) in [6.07, 6.45) is 19.1. The van der Waals surface area contributed by atoms with E-state index in [1.807, 2.05) is 57.7 Å². The number of carbonyl (C=O) groups is 3. The maximum absolute atomic E-state index is 12.9. The van der Waals surface area contributed by atoms with Gasteiger partial charge < -0.3 is 66.3 Å². The molecule has 8 N–H and O–H groups in total. The summed E-state index contributed by atoms with van der Waals surface area (Å²) in [5, 5.41) is 36.2. The summed E-state index contributed by atoms with van der Waals surface area (Å²) in [5.41, 5.74) is 17.1. The number of likely N-dealkylation sites (N-methyl/N-ethyl adjacent to an activating group) is 1. The molecule has 3 atom stereocenters. The Hall–Kier alpha value is -7.06. The molecule has 0 bridgehead atoms. The van der Waals surface area contributed by atoms with Crippen LogP contribution in [0.3, 0.4) is 0 Å². The number of aliphatic hydroxyl groups excluding tert-OH is 1. The third-order valence-corrected chi connectivity index (χ3v) is 28.8. The zero-order valence-corrected chi connectivity index (χ0v) is 103. The molecule has 0 aromatic carbocycles. The first-order valence-corrected chi connectivity index (χ1v) is 58.0. The lowest BCUT2D eigenvalue weighted by molar-refractivity contribution is -0.195. The Morgan fingerprint density at radius 3 is 1.34 bits per heavy atom. The molecule has 5 aromatic rings. The molecule has 5 aliphatic rings. The number of nitrogens with one attached hydrogen (secondary N) is 4. The Bertz CT molecular complexity index is 4540. The van der Waals surface area contributed by atoms with Gasteiger partial charge in [0.2, 0.25) is 5.91 Å². The summed E-state index contributed by atoms with van der Waals surface area (Å²) in [6, 6.07) is 14.7. The minimum absolute atomic E-state index is 0.0987. The monoisotopic (exact) mass is 2140 g/mol. The molecule has 5 aliphatic heterocycles.